The van der Waals surface area contributed by atoms with E-state index in [1.54, 1.807) is 66.7 Å². The second kappa shape index (κ2) is 15.0. The lowest BCUT2D eigenvalue weighted by Crippen LogP contribution is -2.56. The third-order valence-electron chi connectivity index (χ3n) is 8.45. The number of carbonyl (C=O) groups is 3. The molecule has 0 saturated heterocycles. The fourth-order valence-corrected chi connectivity index (χ4v) is 6.26. The van der Waals surface area contributed by atoms with E-state index in [-0.39, 0.29) is 6.61 Å². The molecule has 0 heterocycles. The predicted molar refractivity (Wildman–Crippen MR) is 182 cm³/mol. The summed E-state index contributed by atoms with van der Waals surface area (Å²) in [4.78, 5) is 42.3. The number of benzene rings is 4. The quantitative estimate of drug-likeness (QED) is 0.159. The van der Waals surface area contributed by atoms with Gasteiger partial charge in [-0.25, -0.2) is 0 Å². The van der Waals surface area contributed by atoms with Crippen molar-refractivity contribution in [3.63, 3.8) is 0 Å². The highest BCUT2D eigenvalue weighted by Gasteiger charge is 2.56. The number of rotatable bonds is 12. The van der Waals surface area contributed by atoms with Gasteiger partial charge in [0, 0.05) is 12.3 Å². The molecule has 10 heteroatoms. The van der Waals surface area contributed by atoms with Crippen molar-refractivity contribution < 1.29 is 38.4 Å². The molecular formula is C38H40N2O8. The van der Waals surface area contributed by atoms with E-state index >= 15 is 0 Å². The first-order valence-electron chi connectivity index (χ1n) is 15.7. The summed E-state index contributed by atoms with van der Waals surface area (Å²) in [6.07, 6.45) is -0.423. The van der Waals surface area contributed by atoms with E-state index in [0.29, 0.717) is 46.5 Å². The maximum atomic E-state index is 14.3. The summed E-state index contributed by atoms with van der Waals surface area (Å²) in [6.45, 7) is 3.86. The summed E-state index contributed by atoms with van der Waals surface area (Å²) in [5, 5.41) is 17.5. The van der Waals surface area contributed by atoms with Crippen LogP contribution in [-0.2, 0) is 21.0 Å². The zero-order valence-corrected chi connectivity index (χ0v) is 27.4. The standard InChI is InChI=1S/C38H40N2O8/c1-5-47-32-21-25(19-20-31(32)48-23-24-13-7-6-8-14-24)33-34(36(42)39-26-15-9-11-17-29(26)45-3)28(41)22-38(2,44)35(33)37(43)40-27-16-10-12-18-30(27)46-4/h6-21,33-35,44H,5,22-23H2,1-4H3,(H,39,42)(H,40,43). The summed E-state index contributed by atoms with van der Waals surface area (Å²) in [6, 6.07) is 28.4. The van der Waals surface area contributed by atoms with Gasteiger partial charge >= 0.3 is 0 Å². The summed E-state index contributed by atoms with van der Waals surface area (Å²) < 4.78 is 22.9. The smallest absolute Gasteiger partial charge is 0.235 e. The highest BCUT2D eigenvalue weighted by Crippen LogP contribution is 2.48. The van der Waals surface area contributed by atoms with Crippen LogP contribution in [0.1, 0.15) is 37.3 Å². The van der Waals surface area contributed by atoms with Crippen molar-refractivity contribution in [3.05, 3.63) is 108 Å². The van der Waals surface area contributed by atoms with Gasteiger partial charge in [0.25, 0.3) is 0 Å². The van der Waals surface area contributed by atoms with Crippen molar-refractivity contribution in [3.8, 4) is 23.0 Å². The van der Waals surface area contributed by atoms with Gasteiger partial charge in [-0.05, 0) is 61.4 Å². The fourth-order valence-electron chi connectivity index (χ4n) is 6.26. The van der Waals surface area contributed by atoms with Crippen LogP contribution >= 0.6 is 0 Å². The van der Waals surface area contributed by atoms with Crippen LogP contribution < -0.4 is 29.6 Å². The number of ketones is 1. The molecule has 0 radical (unpaired) electrons. The lowest BCUT2D eigenvalue weighted by Gasteiger charge is -2.44. The van der Waals surface area contributed by atoms with Crippen molar-refractivity contribution in [1.29, 1.82) is 0 Å². The van der Waals surface area contributed by atoms with Crippen LogP contribution in [0.2, 0.25) is 0 Å². The fraction of sp³-hybridized carbons (Fsp3) is 0.289. The van der Waals surface area contributed by atoms with Gasteiger partial charge in [-0.1, -0.05) is 60.7 Å². The molecule has 3 N–H and O–H groups in total. The van der Waals surface area contributed by atoms with Crippen LogP contribution in [-0.4, -0.2) is 49.1 Å². The zero-order valence-electron chi connectivity index (χ0n) is 27.4. The molecule has 0 bridgehead atoms. The zero-order chi connectivity index (χ0) is 34.3. The Balaban J connectivity index is 1.59. The lowest BCUT2D eigenvalue weighted by molar-refractivity contribution is -0.150. The Bertz CT molecular complexity index is 1760. The first kappa shape index (κ1) is 34.0. The van der Waals surface area contributed by atoms with Crippen LogP contribution in [0.3, 0.4) is 0 Å². The minimum atomic E-state index is -1.82. The molecule has 4 unspecified atom stereocenters. The van der Waals surface area contributed by atoms with Crippen LogP contribution in [0.15, 0.2) is 97.1 Å². The number of amides is 2. The number of nitrogens with one attached hydrogen (secondary N) is 2. The van der Waals surface area contributed by atoms with Crippen molar-refractivity contribution in [2.24, 2.45) is 11.8 Å². The normalized spacial score (nSPS) is 20.4. The number of carbonyl (C=O) groups excluding carboxylic acids is 3. The summed E-state index contributed by atoms with van der Waals surface area (Å²) in [5.41, 5.74) is 0.330. The number of ether oxygens (including phenoxy) is 4. The predicted octanol–water partition coefficient (Wildman–Crippen LogP) is 6.00. The Labute approximate surface area is 280 Å². The first-order valence-corrected chi connectivity index (χ1v) is 15.7. The molecule has 1 aliphatic rings. The highest BCUT2D eigenvalue weighted by atomic mass is 16.5. The Morgan fingerprint density at radius 3 is 1.96 bits per heavy atom. The van der Waals surface area contributed by atoms with Crippen LogP contribution in [0.4, 0.5) is 11.4 Å². The molecule has 10 nitrogen and oxygen atoms in total. The third-order valence-corrected chi connectivity index (χ3v) is 8.45. The van der Waals surface area contributed by atoms with Gasteiger partial charge in [-0.15, -0.1) is 0 Å². The summed E-state index contributed by atoms with van der Waals surface area (Å²) >= 11 is 0. The lowest BCUT2D eigenvalue weighted by atomic mass is 9.61. The van der Waals surface area contributed by atoms with Crippen LogP contribution in [0.5, 0.6) is 23.0 Å². The summed E-state index contributed by atoms with van der Waals surface area (Å²) in [7, 11) is 2.96. The molecule has 48 heavy (non-hydrogen) atoms. The first-order chi connectivity index (χ1) is 23.2. The van der Waals surface area contributed by atoms with E-state index in [0.717, 1.165) is 5.56 Å². The van der Waals surface area contributed by atoms with Crippen molar-refractivity contribution in [2.75, 3.05) is 31.5 Å². The Morgan fingerprint density at radius 1 is 0.771 bits per heavy atom. The average Bonchev–Trinajstić information content (AvgIpc) is 3.07. The second-order valence-electron chi connectivity index (χ2n) is 11.8. The Kier molecular flexibility index (Phi) is 10.7. The molecule has 5 rings (SSSR count). The van der Waals surface area contributed by atoms with Gasteiger partial charge in [0.05, 0.1) is 43.7 Å². The second-order valence-corrected chi connectivity index (χ2v) is 11.8. The van der Waals surface area contributed by atoms with Gasteiger partial charge in [0.1, 0.15) is 29.8 Å². The van der Waals surface area contributed by atoms with Crippen molar-refractivity contribution in [2.45, 2.75) is 38.4 Å². The maximum Gasteiger partial charge on any atom is 0.235 e. The number of Topliss-reactive ketones (excluding diaryl/α,β-unsaturated/α-hetero) is 1. The van der Waals surface area contributed by atoms with E-state index in [1.165, 1.54) is 21.1 Å². The molecule has 0 spiro atoms. The molecule has 2 amide bonds. The minimum absolute atomic E-state index is 0.283. The molecular weight excluding hydrogens is 612 g/mol. The number of para-hydroxylation sites is 4. The third kappa shape index (κ3) is 7.44. The van der Waals surface area contributed by atoms with Gasteiger partial charge in [0.2, 0.25) is 11.8 Å². The monoisotopic (exact) mass is 652 g/mol. The summed E-state index contributed by atoms with van der Waals surface area (Å²) in [5.74, 6) is -3.80. The molecule has 4 atom stereocenters. The number of hydrogen-bond donors (Lipinski definition) is 3. The van der Waals surface area contributed by atoms with Gasteiger partial charge in [-0.3, -0.25) is 14.4 Å². The molecule has 0 aromatic heterocycles. The minimum Gasteiger partial charge on any atom is -0.495 e. The van der Waals surface area contributed by atoms with Crippen molar-refractivity contribution >= 4 is 29.0 Å². The average molecular weight is 653 g/mol. The molecule has 4 aromatic carbocycles. The number of methoxy groups -OCH3 is 2. The maximum absolute atomic E-state index is 14.3. The van der Waals surface area contributed by atoms with Gasteiger partial charge < -0.3 is 34.7 Å². The van der Waals surface area contributed by atoms with Gasteiger partial charge in [-0.2, -0.15) is 0 Å². The molecule has 250 valence electrons. The Hall–Kier alpha value is -5.35. The SMILES string of the molecule is CCOc1cc(C2C(C(=O)Nc3ccccc3OC)C(=O)CC(C)(O)C2C(=O)Nc2ccccc2OC)ccc1OCc1ccccc1. The molecule has 4 aromatic rings. The van der Waals surface area contributed by atoms with E-state index in [9.17, 15) is 19.5 Å². The molecule has 1 aliphatic carbocycles. The number of hydrogen-bond acceptors (Lipinski definition) is 8. The highest BCUT2D eigenvalue weighted by molar-refractivity contribution is 6.11. The number of aliphatic hydroxyl groups is 1. The van der Waals surface area contributed by atoms with Gasteiger partial charge in [0.15, 0.2) is 11.5 Å². The molecule has 1 saturated carbocycles. The van der Waals surface area contributed by atoms with E-state index in [2.05, 4.69) is 10.6 Å². The van der Waals surface area contributed by atoms with Crippen LogP contribution in [0, 0.1) is 11.8 Å². The van der Waals surface area contributed by atoms with Crippen LogP contribution in [0.25, 0.3) is 0 Å². The Morgan fingerprint density at radius 2 is 1.35 bits per heavy atom. The topological polar surface area (TPSA) is 132 Å². The van der Waals surface area contributed by atoms with E-state index in [4.69, 9.17) is 18.9 Å². The molecule has 1 fully saturated rings. The molecule has 0 aliphatic heterocycles. The number of anilines is 2. The van der Waals surface area contributed by atoms with E-state index in [1.807, 2.05) is 37.3 Å². The van der Waals surface area contributed by atoms with E-state index < -0.39 is 47.4 Å². The largest absolute Gasteiger partial charge is 0.495 e. The van der Waals surface area contributed by atoms with Crippen molar-refractivity contribution in [1.82, 2.24) is 0 Å².